The SMILES string of the molecule is CC(C)CN1CCC(N)CCC1=O. The van der Waals surface area contributed by atoms with E-state index < -0.39 is 0 Å². The second-order valence-corrected chi connectivity index (χ2v) is 4.32. The molecular weight excluding hydrogens is 164 g/mol. The Morgan fingerprint density at radius 3 is 2.85 bits per heavy atom. The fourth-order valence-corrected chi connectivity index (χ4v) is 1.69. The second kappa shape index (κ2) is 4.61. The van der Waals surface area contributed by atoms with Gasteiger partial charge in [0.15, 0.2) is 0 Å². The van der Waals surface area contributed by atoms with Crippen molar-refractivity contribution in [1.82, 2.24) is 4.90 Å². The summed E-state index contributed by atoms with van der Waals surface area (Å²) < 4.78 is 0. The Labute approximate surface area is 80.3 Å². The molecule has 0 aliphatic carbocycles. The maximum absolute atomic E-state index is 11.6. The fourth-order valence-electron chi connectivity index (χ4n) is 1.69. The summed E-state index contributed by atoms with van der Waals surface area (Å²) in [6, 6.07) is 0.223. The molecule has 1 fully saturated rings. The minimum Gasteiger partial charge on any atom is -0.342 e. The zero-order valence-electron chi connectivity index (χ0n) is 8.62. The third-order valence-electron chi connectivity index (χ3n) is 2.44. The minimum absolute atomic E-state index is 0.223. The molecule has 0 spiro atoms. The number of hydrogen-bond acceptors (Lipinski definition) is 2. The molecular formula is C10H20N2O. The van der Waals surface area contributed by atoms with E-state index in [0.717, 1.165) is 25.9 Å². The molecule has 1 atom stereocenters. The van der Waals surface area contributed by atoms with Crippen LogP contribution in [0.4, 0.5) is 0 Å². The van der Waals surface area contributed by atoms with E-state index in [0.29, 0.717) is 12.3 Å². The second-order valence-electron chi connectivity index (χ2n) is 4.32. The Kier molecular flexibility index (Phi) is 3.72. The Hall–Kier alpha value is -0.570. The van der Waals surface area contributed by atoms with Crippen LogP contribution >= 0.6 is 0 Å². The van der Waals surface area contributed by atoms with Gasteiger partial charge >= 0.3 is 0 Å². The van der Waals surface area contributed by atoms with Crippen LogP contribution in [0.2, 0.25) is 0 Å². The van der Waals surface area contributed by atoms with E-state index in [-0.39, 0.29) is 11.9 Å². The smallest absolute Gasteiger partial charge is 0.222 e. The van der Waals surface area contributed by atoms with Crippen LogP contribution in [-0.2, 0) is 4.79 Å². The molecule has 0 bridgehead atoms. The molecule has 0 radical (unpaired) electrons. The van der Waals surface area contributed by atoms with E-state index >= 15 is 0 Å². The molecule has 3 nitrogen and oxygen atoms in total. The minimum atomic E-state index is 0.223. The van der Waals surface area contributed by atoms with Gasteiger partial charge in [0.25, 0.3) is 0 Å². The predicted molar refractivity (Wildman–Crippen MR) is 53.2 cm³/mol. The van der Waals surface area contributed by atoms with Gasteiger partial charge in [-0.15, -0.1) is 0 Å². The third kappa shape index (κ3) is 3.35. The van der Waals surface area contributed by atoms with Crippen molar-refractivity contribution < 1.29 is 4.79 Å². The van der Waals surface area contributed by atoms with Crippen molar-refractivity contribution in [2.45, 2.75) is 39.2 Å². The molecule has 0 saturated carbocycles. The standard InChI is InChI=1S/C10H20N2O/c1-8(2)7-12-6-5-9(11)3-4-10(12)13/h8-9H,3-7,11H2,1-2H3. The number of likely N-dealkylation sites (tertiary alicyclic amines) is 1. The van der Waals surface area contributed by atoms with E-state index in [4.69, 9.17) is 5.73 Å². The van der Waals surface area contributed by atoms with E-state index in [1.807, 2.05) is 4.90 Å². The van der Waals surface area contributed by atoms with Gasteiger partial charge in [-0.2, -0.15) is 0 Å². The molecule has 1 aliphatic rings. The molecule has 2 N–H and O–H groups in total. The first kappa shape index (κ1) is 10.5. The largest absolute Gasteiger partial charge is 0.342 e. The topological polar surface area (TPSA) is 46.3 Å². The van der Waals surface area contributed by atoms with Crippen molar-refractivity contribution in [2.75, 3.05) is 13.1 Å². The lowest BCUT2D eigenvalue weighted by Gasteiger charge is -2.22. The summed E-state index contributed by atoms with van der Waals surface area (Å²) in [5.74, 6) is 0.833. The highest BCUT2D eigenvalue weighted by molar-refractivity contribution is 5.76. The summed E-state index contributed by atoms with van der Waals surface area (Å²) in [5, 5.41) is 0. The van der Waals surface area contributed by atoms with E-state index in [1.54, 1.807) is 0 Å². The summed E-state index contributed by atoms with van der Waals surface area (Å²) in [5.41, 5.74) is 5.81. The average Bonchev–Trinajstić information content (AvgIpc) is 2.19. The van der Waals surface area contributed by atoms with Crippen molar-refractivity contribution in [2.24, 2.45) is 11.7 Å². The molecule has 0 aromatic rings. The number of amides is 1. The molecule has 1 unspecified atom stereocenters. The van der Waals surface area contributed by atoms with Crippen LogP contribution in [0.5, 0.6) is 0 Å². The van der Waals surface area contributed by atoms with E-state index in [2.05, 4.69) is 13.8 Å². The molecule has 1 amide bonds. The number of carbonyl (C=O) groups is 1. The summed E-state index contributed by atoms with van der Waals surface area (Å²) in [6.45, 7) is 6.00. The number of carbonyl (C=O) groups excluding carboxylic acids is 1. The highest BCUT2D eigenvalue weighted by Crippen LogP contribution is 2.12. The third-order valence-corrected chi connectivity index (χ3v) is 2.44. The van der Waals surface area contributed by atoms with Crippen LogP contribution in [0, 0.1) is 5.92 Å². The van der Waals surface area contributed by atoms with Gasteiger partial charge in [0.2, 0.25) is 5.91 Å². The first-order valence-corrected chi connectivity index (χ1v) is 5.13. The van der Waals surface area contributed by atoms with Gasteiger partial charge in [-0.3, -0.25) is 4.79 Å². The Morgan fingerprint density at radius 2 is 2.23 bits per heavy atom. The van der Waals surface area contributed by atoms with Crippen molar-refractivity contribution >= 4 is 5.91 Å². The van der Waals surface area contributed by atoms with Crippen molar-refractivity contribution in [3.8, 4) is 0 Å². The van der Waals surface area contributed by atoms with E-state index in [9.17, 15) is 4.79 Å². The number of nitrogens with zero attached hydrogens (tertiary/aromatic N) is 1. The van der Waals surface area contributed by atoms with Crippen LogP contribution in [0.3, 0.4) is 0 Å². The van der Waals surface area contributed by atoms with Gasteiger partial charge in [-0.1, -0.05) is 13.8 Å². The molecule has 3 heteroatoms. The highest BCUT2D eigenvalue weighted by atomic mass is 16.2. The average molecular weight is 184 g/mol. The first-order chi connectivity index (χ1) is 6.09. The predicted octanol–water partition coefficient (Wildman–Crippen LogP) is 0.982. The maximum atomic E-state index is 11.6. The van der Waals surface area contributed by atoms with Gasteiger partial charge in [0, 0.05) is 25.6 Å². The highest BCUT2D eigenvalue weighted by Gasteiger charge is 2.20. The van der Waals surface area contributed by atoms with Gasteiger partial charge in [-0.05, 0) is 18.8 Å². The number of nitrogens with two attached hydrogens (primary N) is 1. The van der Waals surface area contributed by atoms with Crippen LogP contribution < -0.4 is 5.73 Å². The lowest BCUT2D eigenvalue weighted by molar-refractivity contribution is -0.131. The number of rotatable bonds is 2. The van der Waals surface area contributed by atoms with Gasteiger partial charge < -0.3 is 10.6 Å². The summed E-state index contributed by atoms with van der Waals surface area (Å²) in [7, 11) is 0. The van der Waals surface area contributed by atoms with Gasteiger partial charge in [0.05, 0.1) is 0 Å². The zero-order chi connectivity index (χ0) is 9.84. The van der Waals surface area contributed by atoms with Crippen LogP contribution in [0.15, 0.2) is 0 Å². The molecule has 0 aromatic carbocycles. The molecule has 1 heterocycles. The zero-order valence-corrected chi connectivity index (χ0v) is 8.62. The Bertz CT molecular complexity index is 180. The molecule has 13 heavy (non-hydrogen) atoms. The fraction of sp³-hybridized carbons (Fsp3) is 0.900. The lowest BCUT2D eigenvalue weighted by Crippen LogP contribution is -2.34. The van der Waals surface area contributed by atoms with E-state index in [1.165, 1.54) is 0 Å². The molecule has 1 aliphatic heterocycles. The van der Waals surface area contributed by atoms with Crippen molar-refractivity contribution in [3.05, 3.63) is 0 Å². The Morgan fingerprint density at radius 1 is 1.54 bits per heavy atom. The maximum Gasteiger partial charge on any atom is 0.222 e. The molecule has 76 valence electrons. The monoisotopic (exact) mass is 184 g/mol. The molecule has 1 saturated heterocycles. The van der Waals surface area contributed by atoms with Gasteiger partial charge in [-0.25, -0.2) is 0 Å². The summed E-state index contributed by atoms with van der Waals surface area (Å²) in [6.07, 6.45) is 2.44. The normalized spacial score (nSPS) is 25.1. The first-order valence-electron chi connectivity index (χ1n) is 5.13. The summed E-state index contributed by atoms with van der Waals surface area (Å²) in [4.78, 5) is 13.5. The summed E-state index contributed by atoms with van der Waals surface area (Å²) >= 11 is 0. The van der Waals surface area contributed by atoms with Crippen molar-refractivity contribution in [3.63, 3.8) is 0 Å². The Balaban J connectivity index is 2.47. The van der Waals surface area contributed by atoms with Gasteiger partial charge in [0.1, 0.15) is 0 Å². The quantitative estimate of drug-likeness (QED) is 0.695. The lowest BCUT2D eigenvalue weighted by atomic mass is 10.1. The van der Waals surface area contributed by atoms with Crippen LogP contribution in [0.1, 0.15) is 33.1 Å². The van der Waals surface area contributed by atoms with Crippen molar-refractivity contribution in [1.29, 1.82) is 0 Å². The van der Waals surface area contributed by atoms with Crippen LogP contribution in [-0.4, -0.2) is 29.9 Å². The molecule has 1 rings (SSSR count). The van der Waals surface area contributed by atoms with Crippen LogP contribution in [0.25, 0.3) is 0 Å². The molecule has 0 aromatic heterocycles. The number of hydrogen-bond donors (Lipinski definition) is 1.